The fraction of sp³-hybridized carbons (Fsp3) is 0.300. The van der Waals surface area contributed by atoms with E-state index < -0.39 is 11.7 Å². The van der Waals surface area contributed by atoms with Gasteiger partial charge in [-0.2, -0.15) is 11.8 Å². The highest BCUT2D eigenvalue weighted by Gasteiger charge is 2.19. The molecule has 2 aromatic rings. The zero-order chi connectivity index (χ0) is 19.1. The highest BCUT2D eigenvalue weighted by atomic mass is 32.2. The molecule has 142 valence electrons. The molecule has 0 saturated carbocycles. The Hall–Kier alpha value is -2.54. The van der Waals surface area contributed by atoms with Gasteiger partial charge in [0.05, 0.1) is 11.3 Å². The summed E-state index contributed by atoms with van der Waals surface area (Å²) in [6, 6.07) is 12.9. The van der Waals surface area contributed by atoms with Crippen LogP contribution in [-0.2, 0) is 4.79 Å². The van der Waals surface area contributed by atoms with E-state index in [2.05, 4.69) is 10.6 Å². The molecule has 1 heterocycles. The van der Waals surface area contributed by atoms with Gasteiger partial charge in [0.15, 0.2) is 6.61 Å². The van der Waals surface area contributed by atoms with E-state index in [4.69, 9.17) is 4.74 Å². The molecular formula is C20H21FN2O3S. The topological polar surface area (TPSA) is 67.4 Å². The number of halogens is 1. The number of hydrogen-bond acceptors (Lipinski definition) is 4. The average molecular weight is 388 g/mol. The number of amides is 2. The average Bonchev–Trinajstić information content (AvgIpc) is 2.69. The van der Waals surface area contributed by atoms with Crippen LogP contribution < -0.4 is 15.4 Å². The highest BCUT2D eigenvalue weighted by Crippen LogP contribution is 2.21. The van der Waals surface area contributed by atoms with Gasteiger partial charge in [0, 0.05) is 6.04 Å². The Morgan fingerprint density at radius 1 is 1.07 bits per heavy atom. The van der Waals surface area contributed by atoms with Crippen molar-refractivity contribution in [2.75, 3.05) is 23.4 Å². The molecule has 0 aliphatic carbocycles. The number of carbonyl (C=O) groups excluding carboxylic acids is 2. The van der Waals surface area contributed by atoms with Crippen LogP contribution >= 0.6 is 11.8 Å². The van der Waals surface area contributed by atoms with Crippen LogP contribution in [0.2, 0.25) is 0 Å². The molecule has 5 nitrogen and oxygen atoms in total. The molecule has 0 aromatic heterocycles. The second kappa shape index (κ2) is 9.41. The fourth-order valence-electron chi connectivity index (χ4n) is 2.78. The van der Waals surface area contributed by atoms with E-state index in [1.807, 2.05) is 11.8 Å². The lowest BCUT2D eigenvalue weighted by molar-refractivity contribution is -0.118. The van der Waals surface area contributed by atoms with Gasteiger partial charge in [-0.15, -0.1) is 0 Å². The Labute approximate surface area is 161 Å². The molecule has 3 rings (SSSR count). The molecule has 1 fully saturated rings. The quantitative estimate of drug-likeness (QED) is 0.795. The number of nitrogens with one attached hydrogen (secondary N) is 2. The molecule has 2 amide bonds. The summed E-state index contributed by atoms with van der Waals surface area (Å²) >= 11 is 1.89. The van der Waals surface area contributed by atoms with Crippen LogP contribution in [0.15, 0.2) is 48.5 Å². The summed E-state index contributed by atoms with van der Waals surface area (Å²) in [5, 5.41) is 5.48. The third kappa shape index (κ3) is 5.47. The van der Waals surface area contributed by atoms with Crippen molar-refractivity contribution in [3.63, 3.8) is 0 Å². The third-order valence-electron chi connectivity index (χ3n) is 4.19. The maximum Gasteiger partial charge on any atom is 0.262 e. The van der Waals surface area contributed by atoms with Gasteiger partial charge in [-0.1, -0.05) is 24.3 Å². The minimum atomic E-state index is -0.517. The van der Waals surface area contributed by atoms with Gasteiger partial charge in [-0.25, -0.2) is 4.39 Å². The Kier molecular flexibility index (Phi) is 6.70. The lowest BCUT2D eigenvalue weighted by Crippen LogP contribution is -2.37. The predicted molar refractivity (Wildman–Crippen MR) is 105 cm³/mol. The first kappa shape index (κ1) is 19.2. The molecule has 0 spiro atoms. The minimum Gasteiger partial charge on any atom is -0.483 e. The highest BCUT2D eigenvalue weighted by molar-refractivity contribution is 7.99. The summed E-state index contributed by atoms with van der Waals surface area (Å²) < 4.78 is 19.1. The van der Waals surface area contributed by atoms with Crippen LogP contribution in [-0.4, -0.2) is 36.0 Å². The monoisotopic (exact) mass is 388 g/mol. The van der Waals surface area contributed by atoms with E-state index in [0.29, 0.717) is 11.3 Å². The number of carbonyl (C=O) groups is 2. The Balaban J connectivity index is 1.59. The molecule has 0 atom stereocenters. The Morgan fingerprint density at radius 3 is 2.56 bits per heavy atom. The summed E-state index contributed by atoms with van der Waals surface area (Å²) in [5.74, 6) is 1.18. The predicted octanol–water partition coefficient (Wildman–Crippen LogP) is 3.47. The second-order valence-electron chi connectivity index (χ2n) is 6.17. The van der Waals surface area contributed by atoms with E-state index in [1.165, 1.54) is 12.1 Å². The van der Waals surface area contributed by atoms with Crippen molar-refractivity contribution in [3.8, 4) is 5.75 Å². The molecule has 1 saturated heterocycles. The molecule has 1 aliphatic heterocycles. The number of rotatable bonds is 6. The Bertz CT molecular complexity index is 809. The normalized spacial score (nSPS) is 14.4. The number of para-hydroxylation sites is 2. The molecule has 2 N–H and O–H groups in total. The van der Waals surface area contributed by atoms with E-state index in [0.717, 1.165) is 24.3 Å². The summed E-state index contributed by atoms with van der Waals surface area (Å²) in [5.41, 5.74) is 0.474. The second-order valence-corrected chi connectivity index (χ2v) is 7.40. The largest absolute Gasteiger partial charge is 0.483 e. The van der Waals surface area contributed by atoms with Crippen LogP contribution in [0, 0.1) is 5.82 Å². The first-order chi connectivity index (χ1) is 13.1. The molecule has 1 aliphatic rings. The van der Waals surface area contributed by atoms with Crippen molar-refractivity contribution in [2.45, 2.75) is 18.9 Å². The molecular weight excluding hydrogens is 367 g/mol. The minimum absolute atomic E-state index is 0.0901. The van der Waals surface area contributed by atoms with Crippen molar-refractivity contribution in [3.05, 3.63) is 59.9 Å². The van der Waals surface area contributed by atoms with E-state index >= 15 is 0 Å². The zero-order valence-corrected chi connectivity index (χ0v) is 15.6. The van der Waals surface area contributed by atoms with E-state index in [-0.39, 0.29) is 24.2 Å². The van der Waals surface area contributed by atoms with Crippen LogP contribution in [0.4, 0.5) is 10.1 Å². The van der Waals surface area contributed by atoms with Gasteiger partial charge < -0.3 is 15.4 Å². The SMILES string of the molecule is O=C(COc1ccccc1C(=O)NC1CCSCC1)Nc1ccccc1F. The van der Waals surface area contributed by atoms with Gasteiger partial charge in [0.2, 0.25) is 0 Å². The van der Waals surface area contributed by atoms with Crippen molar-refractivity contribution in [2.24, 2.45) is 0 Å². The van der Waals surface area contributed by atoms with Crippen molar-refractivity contribution >= 4 is 29.3 Å². The molecule has 0 bridgehead atoms. The summed E-state index contributed by atoms with van der Waals surface area (Å²) in [7, 11) is 0. The van der Waals surface area contributed by atoms with Gasteiger partial charge in [0.25, 0.3) is 11.8 Å². The van der Waals surface area contributed by atoms with Gasteiger partial charge >= 0.3 is 0 Å². The van der Waals surface area contributed by atoms with Gasteiger partial charge in [0.1, 0.15) is 11.6 Å². The summed E-state index contributed by atoms with van der Waals surface area (Å²) in [6.07, 6.45) is 1.90. The van der Waals surface area contributed by atoms with Crippen LogP contribution in [0.5, 0.6) is 5.75 Å². The lowest BCUT2D eigenvalue weighted by atomic mass is 10.1. The maximum atomic E-state index is 13.6. The van der Waals surface area contributed by atoms with Gasteiger partial charge in [-0.05, 0) is 48.6 Å². The molecule has 0 unspecified atom stereocenters. The van der Waals surface area contributed by atoms with Crippen molar-refractivity contribution < 1.29 is 18.7 Å². The smallest absolute Gasteiger partial charge is 0.262 e. The lowest BCUT2D eigenvalue weighted by Gasteiger charge is -2.23. The van der Waals surface area contributed by atoms with E-state index in [9.17, 15) is 14.0 Å². The number of hydrogen-bond donors (Lipinski definition) is 2. The van der Waals surface area contributed by atoms with Crippen molar-refractivity contribution in [1.82, 2.24) is 5.32 Å². The third-order valence-corrected chi connectivity index (χ3v) is 5.24. The number of thioether (sulfide) groups is 1. The number of anilines is 1. The standard InChI is InChI=1S/C20H21FN2O3S/c21-16-6-2-3-7-17(16)23-19(24)13-26-18-8-4-1-5-15(18)20(25)22-14-9-11-27-12-10-14/h1-8,14H,9-13H2,(H,22,25)(H,23,24). The summed E-state index contributed by atoms with van der Waals surface area (Å²) in [6.45, 7) is -0.321. The number of benzene rings is 2. The van der Waals surface area contributed by atoms with Crippen LogP contribution in [0.3, 0.4) is 0 Å². The van der Waals surface area contributed by atoms with Crippen LogP contribution in [0.1, 0.15) is 23.2 Å². The fourth-order valence-corrected chi connectivity index (χ4v) is 3.88. The molecule has 27 heavy (non-hydrogen) atoms. The molecule has 0 radical (unpaired) electrons. The Morgan fingerprint density at radius 2 is 1.78 bits per heavy atom. The van der Waals surface area contributed by atoms with Crippen molar-refractivity contribution in [1.29, 1.82) is 0 Å². The molecule has 7 heteroatoms. The number of ether oxygens (including phenoxy) is 1. The van der Waals surface area contributed by atoms with E-state index in [1.54, 1.807) is 36.4 Å². The maximum absolute atomic E-state index is 13.6. The van der Waals surface area contributed by atoms with Crippen LogP contribution in [0.25, 0.3) is 0 Å². The molecule has 2 aromatic carbocycles. The summed E-state index contributed by atoms with van der Waals surface area (Å²) in [4.78, 5) is 24.6. The van der Waals surface area contributed by atoms with Gasteiger partial charge in [-0.3, -0.25) is 9.59 Å². The first-order valence-electron chi connectivity index (χ1n) is 8.78. The zero-order valence-electron chi connectivity index (χ0n) is 14.7. The first-order valence-corrected chi connectivity index (χ1v) is 9.94.